The third-order valence-corrected chi connectivity index (χ3v) is 2.54. The predicted molar refractivity (Wildman–Crippen MR) is 60.7 cm³/mol. The third-order valence-electron chi connectivity index (χ3n) is 1.50. The van der Waals surface area contributed by atoms with Crippen LogP contribution in [-0.2, 0) is 9.59 Å². The highest BCUT2D eigenvalue weighted by molar-refractivity contribution is 7.99. The number of hydrogen-bond donors (Lipinski definition) is 3. The molecule has 0 rings (SSSR count). The topological polar surface area (TPSA) is 78.4 Å². The van der Waals surface area contributed by atoms with Crippen molar-refractivity contribution in [3.63, 3.8) is 0 Å². The number of carbonyl (C=O) groups excluding carboxylic acids is 2. The van der Waals surface area contributed by atoms with Crippen molar-refractivity contribution in [1.82, 2.24) is 10.6 Å². The molecule has 0 unspecified atom stereocenters. The lowest BCUT2D eigenvalue weighted by Gasteiger charge is -2.05. The molecule has 0 fully saturated rings. The Hall–Kier alpha value is -0.750. The molecule has 0 heterocycles. The Balaban J connectivity index is 3.22. The average molecular weight is 234 g/mol. The molecule has 0 aromatic carbocycles. The second kappa shape index (κ2) is 9.79. The molecule has 0 bridgehead atoms. The van der Waals surface area contributed by atoms with E-state index in [0.29, 0.717) is 25.3 Å². The minimum absolute atomic E-state index is 0.0386. The van der Waals surface area contributed by atoms with Crippen molar-refractivity contribution in [1.29, 1.82) is 0 Å². The number of rotatable bonds is 8. The van der Waals surface area contributed by atoms with Gasteiger partial charge in [-0.3, -0.25) is 9.59 Å². The Morgan fingerprint density at radius 2 is 1.93 bits per heavy atom. The lowest BCUT2D eigenvalue weighted by molar-refractivity contribution is -0.120. The van der Waals surface area contributed by atoms with Gasteiger partial charge in [0.1, 0.15) is 0 Å². The molecule has 0 spiro atoms. The molecule has 3 N–H and O–H groups in total. The van der Waals surface area contributed by atoms with Crippen LogP contribution < -0.4 is 10.6 Å². The zero-order chi connectivity index (χ0) is 11.5. The van der Waals surface area contributed by atoms with Gasteiger partial charge in [-0.05, 0) is 12.2 Å². The van der Waals surface area contributed by atoms with Gasteiger partial charge in [0.15, 0.2) is 0 Å². The molecule has 0 aliphatic carbocycles. The summed E-state index contributed by atoms with van der Waals surface area (Å²) < 4.78 is 0. The molecule has 0 atom stereocenters. The summed E-state index contributed by atoms with van der Waals surface area (Å²) in [5.74, 6) is 1.06. The molecular formula is C9H18N2O3S. The van der Waals surface area contributed by atoms with Crippen LogP contribution in [-0.4, -0.2) is 48.1 Å². The van der Waals surface area contributed by atoms with Crippen LogP contribution in [0.2, 0.25) is 0 Å². The van der Waals surface area contributed by atoms with E-state index in [1.807, 2.05) is 0 Å². The Morgan fingerprint density at radius 1 is 1.27 bits per heavy atom. The zero-order valence-electron chi connectivity index (χ0n) is 8.91. The molecular weight excluding hydrogens is 216 g/mol. The summed E-state index contributed by atoms with van der Waals surface area (Å²) in [5, 5.41) is 13.8. The van der Waals surface area contributed by atoms with E-state index in [9.17, 15) is 9.59 Å². The van der Waals surface area contributed by atoms with E-state index >= 15 is 0 Å². The number of carbonyl (C=O) groups is 2. The van der Waals surface area contributed by atoms with E-state index in [0.717, 1.165) is 5.75 Å². The fraction of sp³-hybridized carbons (Fsp3) is 0.778. The fourth-order valence-corrected chi connectivity index (χ4v) is 1.59. The molecule has 2 amide bonds. The van der Waals surface area contributed by atoms with Gasteiger partial charge >= 0.3 is 0 Å². The summed E-state index contributed by atoms with van der Waals surface area (Å²) >= 11 is 1.49. The van der Waals surface area contributed by atoms with Crippen LogP contribution in [0.4, 0.5) is 0 Å². The highest BCUT2D eigenvalue weighted by atomic mass is 32.2. The first-order valence-electron chi connectivity index (χ1n) is 4.86. The molecule has 0 aliphatic heterocycles. The SMILES string of the molecule is CC(=O)NCCNC(=O)CSCCCO. The van der Waals surface area contributed by atoms with Crippen molar-refractivity contribution in [2.24, 2.45) is 0 Å². The normalized spacial score (nSPS) is 9.73. The molecule has 0 aromatic rings. The van der Waals surface area contributed by atoms with Crippen molar-refractivity contribution in [2.75, 3.05) is 31.2 Å². The first-order chi connectivity index (χ1) is 7.16. The van der Waals surface area contributed by atoms with Gasteiger partial charge in [-0.2, -0.15) is 11.8 Å². The van der Waals surface area contributed by atoms with Crippen LogP contribution in [0, 0.1) is 0 Å². The summed E-state index contributed by atoms with van der Waals surface area (Å²) in [6.07, 6.45) is 0.712. The first-order valence-corrected chi connectivity index (χ1v) is 6.02. The summed E-state index contributed by atoms with van der Waals surface area (Å²) in [5.41, 5.74) is 0. The van der Waals surface area contributed by atoms with Crippen LogP contribution in [0.3, 0.4) is 0 Å². The van der Waals surface area contributed by atoms with Gasteiger partial charge < -0.3 is 15.7 Å². The quantitative estimate of drug-likeness (QED) is 0.488. The van der Waals surface area contributed by atoms with Gasteiger partial charge in [-0.25, -0.2) is 0 Å². The van der Waals surface area contributed by atoms with E-state index in [4.69, 9.17) is 5.11 Å². The lowest BCUT2D eigenvalue weighted by Crippen LogP contribution is -2.34. The zero-order valence-corrected chi connectivity index (χ0v) is 9.73. The molecule has 0 saturated heterocycles. The standard InChI is InChI=1S/C9H18N2O3S/c1-8(13)10-3-4-11-9(14)7-15-6-2-5-12/h12H,2-7H2,1H3,(H,10,13)(H,11,14). The molecule has 0 aliphatic rings. The monoisotopic (exact) mass is 234 g/mol. The molecule has 0 radical (unpaired) electrons. The van der Waals surface area contributed by atoms with E-state index < -0.39 is 0 Å². The number of hydrogen-bond acceptors (Lipinski definition) is 4. The van der Waals surface area contributed by atoms with E-state index in [-0.39, 0.29) is 18.4 Å². The van der Waals surface area contributed by atoms with E-state index in [1.54, 1.807) is 0 Å². The van der Waals surface area contributed by atoms with Crippen molar-refractivity contribution in [2.45, 2.75) is 13.3 Å². The smallest absolute Gasteiger partial charge is 0.230 e. The molecule has 5 nitrogen and oxygen atoms in total. The highest BCUT2D eigenvalue weighted by Gasteiger charge is 2.00. The third kappa shape index (κ3) is 11.2. The van der Waals surface area contributed by atoms with E-state index in [1.165, 1.54) is 18.7 Å². The van der Waals surface area contributed by atoms with Gasteiger partial charge in [0.25, 0.3) is 0 Å². The minimum atomic E-state index is -0.0958. The molecule has 6 heteroatoms. The summed E-state index contributed by atoms with van der Waals surface area (Å²) in [7, 11) is 0. The van der Waals surface area contributed by atoms with Gasteiger partial charge in [-0.15, -0.1) is 0 Å². The maximum Gasteiger partial charge on any atom is 0.230 e. The van der Waals surface area contributed by atoms with Crippen LogP contribution in [0.15, 0.2) is 0 Å². The average Bonchev–Trinajstić information content (AvgIpc) is 2.19. The van der Waals surface area contributed by atoms with Crippen molar-refractivity contribution >= 4 is 23.6 Å². The summed E-state index contributed by atoms with van der Waals surface area (Å²) in [4.78, 5) is 21.6. The maximum atomic E-state index is 11.1. The molecule has 15 heavy (non-hydrogen) atoms. The highest BCUT2D eigenvalue weighted by Crippen LogP contribution is 2.00. The summed E-state index contributed by atoms with van der Waals surface area (Å²) in [6, 6.07) is 0. The Kier molecular flexibility index (Phi) is 9.30. The maximum absolute atomic E-state index is 11.1. The number of aliphatic hydroxyl groups excluding tert-OH is 1. The molecule has 88 valence electrons. The number of thioether (sulfide) groups is 1. The van der Waals surface area contributed by atoms with Crippen molar-refractivity contribution in [3.8, 4) is 0 Å². The summed E-state index contributed by atoms with van der Waals surface area (Å²) in [6.45, 7) is 2.52. The second-order valence-electron chi connectivity index (χ2n) is 2.96. The van der Waals surface area contributed by atoms with Crippen molar-refractivity contribution in [3.05, 3.63) is 0 Å². The van der Waals surface area contributed by atoms with Crippen LogP contribution in [0.5, 0.6) is 0 Å². The van der Waals surface area contributed by atoms with Crippen LogP contribution in [0.25, 0.3) is 0 Å². The second-order valence-corrected chi connectivity index (χ2v) is 4.07. The Labute approximate surface area is 94.0 Å². The fourth-order valence-electron chi connectivity index (χ4n) is 0.823. The Morgan fingerprint density at radius 3 is 2.53 bits per heavy atom. The number of aliphatic hydroxyl groups is 1. The minimum Gasteiger partial charge on any atom is -0.396 e. The molecule has 0 saturated carbocycles. The van der Waals surface area contributed by atoms with Gasteiger partial charge in [0.2, 0.25) is 11.8 Å². The van der Waals surface area contributed by atoms with Crippen LogP contribution in [0.1, 0.15) is 13.3 Å². The molecule has 0 aromatic heterocycles. The largest absolute Gasteiger partial charge is 0.396 e. The van der Waals surface area contributed by atoms with Gasteiger partial charge in [0.05, 0.1) is 5.75 Å². The van der Waals surface area contributed by atoms with Gasteiger partial charge in [0, 0.05) is 26.6 Å². The van der Waals surface area contributed by atoms with Gasteiger partial charge in [-0.1, -0.05) is 0 Å². The lowest BCUT2D eigenvalue weighted by atomic mass is 10.5. The first kappa shape index (κ1) is 14.2. The number of nitrogens with one attached hydrogen (secondary N) is 2. The van der Waals surface area contributed by atoms with E-state index in [2.05, 4.69) is 10.6 Å². The van der Waals surface area contributed by atoms with Crippen LogP contribution >= 0.6 is 11.8 Å². The Bertz CT molecular complexity index is 200. The predicted octanol–water partition coefficient (Wildman–Crippen LogP) is -0.646. The van der Waals surface area contributed by atoms with Crippen molar-refractivity contribution < 1.29 is 14.7 Å². The number of amides is 2.